The number of ether oxygens (including phenoxy) is 1. The lowest BCUT2D eigenvalue weighted by atomic mass is 9.85. The van der Waals surface area contributed by atoms with Gasteiger partial charge in [-0.1, -0.05) is 12.2 Å². The molecule has 2 saturated heterocycles. The number of nitrogens with two attached hydrogens (primary N) is 1. The first-order valence-electron chi connectivity index (χ1n) is 6.44. The molecule has 0 spiro atoms. The van der Waals surface area contributed by atoms with Crippen LogP contribution >= 0.6 is 12.2 Å². The predicted molar refractivity (Wildman–Crippen MR) is 73.4 cm³/mol. The Hall–Kier alpha value is -0.720. The molecule has 102 valence electrons. The minimum absolute atomic E-state index is 0.133. The maximum atomic E-state index is 11.4. The smallest absolute Gasteiger partial charge is 0.219 e. The Balaban J connectivity index is 2.09. The standard InChI is InChI=1S/C12H21N3O2S/c1-10(16)14-4-2-12(3-5-14,11(13)18)15-6-8-17-9-7-15/h2-9H2,1H3,(H2,13,18). The van der Waals surface area contributed by atoms with Crippen LogP contribution in [0.2, 0.25) is 0 Å². The third-order valence-electron chi connectivity index (χ3n) is 4.11. The number of rotatable bonds is 2. The Morgan fingerprint density at radius 3 is 2.22 bits per heavy atom. The predicted octanol–water partition coefficient (Wildman–Crippen LogP) is -0.0142. The first-order valence-corrected chi connectivity index (χ1v) is 6.85. The zero-order valence-corrected chi connectivity index (χ0v) is 11.7. The van der Waals surface area contributed by atoms with Gasteiger partial charge in [-0.2, -0.15) is 0 Å². The van der Waals surface area contributed by atoms with Gasteiger partial charge >= 0.3 is 0 Å². The van der Waals surface area contributed by atoms with E-state index < -0.39 is 0 Å². The summed E-state index contributed by atoms with van der Waals surface area (Å²) in [4.78, 5) is 16.2. The molecular weight excluding hydrogens is 250 g/mol. The number of thiocarbonyl (C=S) groups is 1. The highest BCUT2D eigenvalue weighted by Gasteiger charge is 2.43. The van der Waals surface area contributed by atoms with E-state index in [2.05, 4.69) is 4.90 Å². The Kier molecular flexibility index (Phi) is 4.19. The molecule has 0 saturated carbocycles. The molecule has 2 N–H and O–H groups in total. The van der Waals surface area contributed by atoms with Crippen LogP contribution in [0.15, 0.2) is 0 Å². The van der Waals surface area contributed by atoms with Gasteiger partial charge in [0, 0.05) is 33.1 Å². The number of morpholine rings is 1. The molecular formula is C12H21N3O2S. The van der Waals surface area contributed by atoms with Crippen LogP contribution in [0.5, 0.6) is 0 Å². The minimum Gasteiger partial charge on any atom is -0.392 e. The lowest BCUT2D eigenvalue weighted by Gasteiger charge is -2.49. The molecule has 5 nitrogen and oxygen atoms in total. The van der Waals surface area contributed by atoms with Crippen LogP contribution in [0.4, 0.5) is 0 Å². The van der Waals surface area contributed by atoms with Gasteiger partial charge in [-0.25, -0.2) is 0 Å². The summed E-state index contributed by atoms with van der Waals surface area (Å²) >= 11 is 5.30. The van der Waals surface area contributed by atoms with Crippen molar-refractivity contribution in [1.29, 1.82) is 0 Å². The summed E-state index contributed by atoms with van der Waals surface area (Å²) in [7, 11) is 0. The molecule has 6 heteroatoms. The van der Waals surface area contributed by atoms with E-state index in [0.29, 0.717) is 4.99 Å². The average Bonchev–Trinajstić information content (AvgIpc) is 2.39. The van der Waals surface area contributed by atoms with E-state index in [9.17, 15) is 4.79 Å². The zero-order valence-electron chi connectivity index (χ0n) is 10.9. The number of carbonyl (C=O) groups excluding carboxylic acids is 1. The Bertz CT molecular complexity index is 334. The fraction of sp³-hybridized carbons (Fsp3) is 0.833. The number of likely N-dealkylation sites (tertiary alicyclic amines) is 1. The Morgan fingerprint density at radius 1 is 1.22 bits per heavy atom. The second kappa shape index (κ2) is 5.50. The fourth-order valence-corrected chi connectivity index (χ4v) is 3.23. The van der Waals surface area contributed by atoms with E-state index in [1.807, 2.05) is 4.90 Å². The normalized spacial score (nSPS) is 24.8. The largest absolute Gasteiger partial charge is 0.392 e. The van der Waals surface area contributed by atoms with Crippen LogP contribution < -0.4 is 5.73 Å². The Morgan fingerprint density at radius 2 is 1.78 bits per heavy atom. The lowest BCUT2D eigenvalue weighted by molar-refractivity contribution is -0.131. The van der Waals surface area contributed by atoms with Crippen LogP contribution in [0.3, 0.4) is 0 Å². The molecule has 18 heavy (non-hydrogen) atoms. The molecule has 2 fully saturated rings. The summed E-state index contributed by atoms with van der Waals surface area (Å²) < 4.78 is 5.38. The molecule has 2 rings (SSSR count). The van der Waals surface area contributed by atoms with Gasteiger partial charge < -0.3 is 15.4 Å². The second-order valence-electron chi connectivity index (χ2n) is 5.00. The molecule has 0 aromatic carbocycles. The van der Waals surface area contributed by atoms with Crippen LogP contribution in [-0.4, -0.2) is 65.6 Å². The quantitative estimate of drug-likeness (QED) is 0.716. The van der Waals surface area contributed by atoms with Crippen LogP contribution in [0.25, 0.3) is 0 Å². The number of piperidine rings is 1. The highest BCUT2D eigenvalue weighted by molar-refractivity contribution is 7.80. The van der Waals surface area contributed by atoms with Gasteiger partial charge in [0.05, 0.1) is 23.7 Å². The van der Waals surface area contributed by atoms with E-state index in [1.165, 1.54) is 0 Å². The summed E-state index contributed by atoms with van der Waals surface area (Å²) in [6.45, 7) is 6.31. The van der Waals surface area contributed by atoms with Gasteiger partial charge in [0.2, 0.25) is 5.91 Å². The molecule has 0 atom stereocenters. The monoisotopic (exact) mass is 271 g/mol. The second-order valence-corrected chi connectivity index (χ2v) is 5.44. The van der Waals surface area contributed by atoms with Crippen molar-refractivity contribution in [2.45, 2.75) is 25.3 Å². The van der Waals surface area contributed by atoms with Crippen molar-refractivity contribution in [2.24, 2.45) is 5.73 Å². The zero-order chi connectivity index (χ0) is 13.2. The third-order valence-corrected chi connectivity index (χ3v) is 4.49. The number of hydrogen-bond acceptors (Lipinski definition) is 4. The first kappa shape index (κ1) is 13.7. The van der Waals surface area contributed by atoms with Crippen LogP contribution in [0.1, 0.15) is 19.8 Å². The molecule has 0 aliphatic carbocycles. The number of amides is 1. The van der Waals surface area contributed by atoms with Gasteiger partial charge in [-0.15, -0.1) is 0 Å². The van der Waals surface area contributed by atoms with Crippen molar-refractivity contribution in [3.8, 4) is 0 Å². The van der Waals surface area contributed by atoms with Gasteiger partial charge in [0.25, 0.3) is 0 Å². The number of nitrogens with zero attached hydrogens (tertiary/aromatic N) is 2. The third kappa shape index (κ3) is 2.50. The molecule has 2 aliphatic heterocycles. The molecule has 2 heterocycles. The van der Waals surface area contributed by atoms with Crippen molar-refractivity contribution in [3.05, 3.63) is 0 Å². The molecule has 2 aliphatic rings. The topological polar surface area (TPSA) is 58.8 Å². The highest BCUT2D eigenvalue weighted by Crippen LogP contribution is 2.30. The van der Waals surface area contributed by atoms with E-state index in [-0.39, 0.29) is 11.4 Å². The van der Waals surface area contributed by atoms with Crippen molar-refractivity contribution >= 4 is 23.1 Å². The average molecular weight is 271 g/mol. The molecule has 0 radical (unpaired) electrons. The van der Waals surface area contributed by atoms with E-state index >= 15 is 0 Å². The van der Waals surface area contributed by atoms with Crippen molar-refractivity contribution in [2.75, 3.05) is 39.4 Å². The Labute approximate surface area is 113 Å². The molecule has 0 aromatic rings. The first-order chi connectivity index (χ1) is 8.56. The lowest BCUT2D eigenvalue weighted by Crippen LogP contribution is -2.64. The molecule has 0 aromatic heterocycles. The number of hydrogen-bond donors (Lipinski definition) is 1. The van der Waals surface area contributed by atoms with Crippen LogP contribution in [0, 0.1) is 0 Å². The minimum atomic E-state index is -0.217. The maximum absolute atomic E-state index is 11.4. The van der Waals surface area contributed by atoms with Gasteiger partial charge in [-0.3, -0.25) is 9.69 Å². The summed E-state index contributed by atoms with van der Waals surface area (Å²) in [5, 5.41) is 0. The van der Waals surface area contributed by atoms with Crippen LogP contribution in [-0.2, 0) is 9.53 Å². The van der Waals surface area contributed by atoms with Crippen molar-refractivity contribution < 1.29 is 9.53 Å². The molecule has 0 unspecified atom stereocenters. The summed E-state index contributed by atoms with van der Waals surface area (Å²) in [6.07, 6.45) is 1.67. The van der Waals surface area contributed by atoms with E-state index in [0.717, 1.165) is 52.2 Å². The molecule has 1 amide bonds. The number of carbonyl (C=O) groups is 1. The summed E-state index contributed by atoms with van der Waals surface area (Å²) in [6, 6.07) is 0. The SMILES string of the molecule is CC(=O)N1CCC(C(N)=S)(N2CCOCC2)CC1. The van der Waals surface area contributed by atoms with E-state index in [1.54, 1.807) is 6.92 Å². The van der Waals surface area contributed by atoms with Gasteiger partial charge in [0.1, 0.15) is 0 Å². The van der Waals surface area contributed by atoms with Crippen molar-refractivity contribution in [3.63, 3.8) is 0 Å². The van der Waals surface area contributed by atoms with Gasteiger partial charge in [-0.05, 0) is 12.8 Å². The maximum Gasteiger partial charge on any atom is 0.219 e. The van der Waals surface area contributed by atoms with E-state index in [4.69, 9.17) is 22.7 Å². The summed E-state index contributed by atoms with van der Waals surface area (Å²) in [5.41, 5.74) is 5.78. The highest BCUT2D eigenvalue weighted by atomic mass is 32.1. The van der Waals surface area contributed by atoms with Gasteiger partial charge in [0.15, 0.2) is 0 Å². The summed E-state index contributed by atoms with van der Waals surface area (Å²) in [5.74, 6) is 0.133. The molecule has 0 bridgehead atoms. The fourth-order valence-electron chi connectivity index (χ4n) is 2.90. The van der Waals surface area contributed by atoms with Crippen molar-refractivity contribution in [1.82, 2.24) is 9.80 Å².